The van der Waals surface area contributed by atoms with Crippen LogP contribution in [-0.4, -0.2) is 13.3 Å². The van der Waals surface area contributed by atoms with Gasteiger partial charge in [-0.25, -0.2) is 4.39 Å². The van der Waals surface area contributed by atoms with Crippen LogP contribution < -0.4 is 0 Å². The van der Waals surface area contributed by atoms with Crippen LogP contribution in [0.3, 0.4) is 0 Å². The van der Waals surface area contributed by atoms with Crippen LogP contribution in [0.4, 0.5) is 17.6 Å². The molecule has 0 atom stereocenters. The van der Waals surface area contributed by atoms with Gasteiger partial charge in [0.25, 0.3) is 0 Å². The van der Waals surface area contributed by atoms with Crippen molar-refractivity contribution in [3.8, 4) is 0 Å². The normalized spacial score (nSPS) is 11.3. The van der Waals surface area contributed by atoms with Crippen LogP contribution in [0.5, 0.6) is 0 Å². The van der Waals surface area contributed by atoms with Crippen molar-refractivity contribution < 1.29 is 17.6 Å². The van der Waals surface area contributed by atoms with Gasteiger partial charge in [-0.1, -0.05) is 98.8 Å². The number of aryl methyl sites for hydroxylation is 2. The molecule has 2 rings (SSSR count). The maximum Gasteiger partial charge on any atom is 0.416 e. The topological polar surface area (TPSA) is 12.4 Å². The van der Waals surface area contributed by atoms with Crippen molar-refractivity contribution in [1.82, 2.24) is 0 Å². The quantitative estimate of drug-likeness (QED) is 0.237. The first-order valence-corrected chi connectivity index (χ1v) is 10.9. The van der Waals surface area contributed by atoms with Crippen molar-refractivity contribution in [2.24, 2.45) is 4.99 Å². The average molecular weight is 476 g/mol. The molecule has 0 saturated carbocycles. The lowest BCUT2D eigenvalue weighted by atomic mass is 10.0. The summed E-state index contributed by atoms with van der Waals surface area (Å²) < 4.78 is 49.2. The summed E-state index contributed by atoms with van der Waals surface area (Å²) >= 11 is 0. The zero-order valence-electron chi connectivity index (χ0n) is 21.3. The first-order valence-electron chi connectivity index (χ1n) is 10.9. The van der Waals surface area contributed by atoms with Gasteiger partial charge in [-0.15, -0.1) is 0 Å². The van der Waals surface area contributed by atoms with Gasteiger partial charge in [-0.2, -0.15) is 13.2 Å². The molecule has 186 valence electrons. The van der Waals surface area contributed by atoms with Crippen molar-refractivity contribution in [3.05, 3.63) is 119 Å². The van der Waals surface area contributed by atoms with E-state index in [0.717, 1.165) is 12.1 Å². The smallest absolute Gasteiger partial charge is 0.293 e. The van der Waals surface area contributed by atoms with Gasteiger partial charge in [0, 0.05) is 7.05 Å². The molecule has 0 bridgehead atoms. The lowest BCUT2D eigenvalue weighted by Gasteiger charge is -2.05. The number of halogens is 4. The van der Waals surface area contributed by atoms with E-state index in [1.54, 1.807) is 26.0 Å². The molecule has 0 radical (unpaired) electrons. The minimum absolute atomic E-state index is 0.372. The number of hydrogen-bond acceptors (Lipinski definition) is 1. The Morgan fingerprint density at radius 1 is 0.912 bits per heavy atom. The number of allylic oxidation sites excluding steroid dienone is 6. The average Bonchev–Trinajstić information content (AvgIpc) is 2.80. The van der Waals surface area contributed by atoms with Crippen LogP contribution in [0.2, 0.25) is 0 Å². The van der Waals surface area contributed by atoms with Crippen LogP contribution in [0, 0.1) is 13.8 Å². The molecule has 0 N–H and O–H groups in total. The van der Waals surface area contributed by atoms with Crippen molar-refractivity contribution >= 4 is 6.21 Å². The van der Waals surface area contributed by atoms with Crippen LogP contribution in [-0.2, 0) is 6.18 Å². The molecule has 0 saturated heterocycles. The van der Waals surface area contributed by atoms with E-state index in [1.165, 1.54) is 24.9 Å². The third-order valence-electron chi connectivity index (χ3n) is 4.09. The third kappa shape index (κ3) is 14.8. The number of aliphatic imine (C=N–C) groups is 1. The highest BCUT2D eigenvalue weighted by Gasteiger charge is 2.29. The fraction of sp³-hybridized carbons (Fsp3) is 0.276. The molecule has 5 heteroatoms. The van der Waals surface area contributed by atoms with Crippen LogP contribution in [0.25, 0.3) is 0 Å². The zero-order chi connectivity index (χ0) is 26.7. The maximum absolute atomic E-state index is 13.3. The molecular weight excluding hydrogens is 438 g/mol. The lowest BCUT2D eigenvalue weighted by molar-refractivity contribution is -0.137. The van der Waals surface area contributed by atoms with Gasteiger partial charge in [-0.3, -0.25) is 4.99 Å². The highest BCUT2D eigenvalue weighted by atomic mass is 19.4. The largest absolute Gasteiger partial charge is 0.416 e. The summed E-state index contributed by atoms with van der Waals surface area (Å²) in [6.45, 7) is 18.8. The van der Waals surface area contributed by atoms with E-state index in [0.29, 0.717) is 22.3 Å². The molecule has 0 aliphatic rings. The van der Waals surface area contributed by atoms with E-state index in [2.05, 4.69) is 37.2 Å². The fourth-order valence-corrected chi connectivity index (χ4v) is 2.25. The van der Waals surface area contributed by atoms with E-state index in [-0.39, 0.29) is 5.83 Å². The second-order valence-corrected chi connectivity index (χ2v) is 6.89. The number of nitrogens with zero attached hydrogens (tertiary/aromatic N) is 1. The molecule has 1 nitrogen and oxygen atoms in total. The zero-order valence-corrected chi connectivity index (χ0v) is 21.3. The second kappa shape index (κ2) is 18.2. The molecule has 34 heavy (non-hydrogen) atoms. The van der Waals surface area contributed by atoms with Crippen molar-refractivity contribution in [3.63, 3.8) is 0 Å². The van der Waals surface area contributed by atoms with Crippen molar-refractivity contribution in [2.75, 3.05) is 7.05 Å². The summed E-state index contributed by atoms with van der Waals surface area (Å²) in [5.74, 6) is -0.372. The number of rotatable bonds is 4. The number of hydrogen-bond donors (Lipinski definition) is 0. The van der Waals surface area contributed by atoms with E-state index in [1.807, 2.05) is 45.0 Å². The van der Waals surface area contributed by atoms with Gasteiger partial charge in [0.2, 0.25) is 0 Å². The molecule has 0 unspecified atom stereocenters. The first kappa shape index (κ1) is 33.0. The van der Waals surface area contributed by atoms with Crippen molar-refractivity contribution in [2.45, 2.75) is 47.7 Å². The molecule has 0 aliphatic heterocycles. The van der Waals surface area contributed by atoms with Gasteiger partial charge in [0.15, 0.2) is 0 Å². The molecule has 2 aromatic carbocycles. The van der Waals surface area contributed by atoms with Crippen LogP contribution >= 0.6 is 0 Å². The van der Waals surface area contributed by atoms with Crippen LogP contribution in [0.1, 0.15) is 44.4 Å². The standard InChI is InChI=1S/C12H16FN.C8H7F3.C7H8.C2H6/c1-6-7-9(2)10(3)11(4)12(13)8-14-5;1-6-3-2-4-7(5-6)8(9,10)11;1-7-5-3-2-4-6-7;1-2/h6-8H,2-3H2,1,4-5H3;2-5H,1H3;2-6H,1H3;1-2H3/b7-6-,12-11-,14-8?;;;. The second-order valence-electron chi connectivity index (χ2n) is 6.89. The van der Waals surface area contributed by atoms with Gasteiger partial charge in [0.1, 0.15) is 5.83 Å². The van der Waals surface area contributed by atoms with Gasteiger partial charge < -0.3 is 0 Å². The van der Waals surface area contributed by atoms with Gasteiger partial charge in [0.05, 0.1) is 11.8 Å². The summed E-state index contributed by atoms with van der Waals surface area (Å²) in [6.07, 6.45) is 0.588. The summed E-state index contributed by atoms with van der Waals surface area (Å²) in [5, 5.41) is 0. The molecule has 0 aliphatic carbocycles. The lowest BCUT2D eigenvalue weighted by Crippen LogP contribution is -2.04. The third-order valence-corrected chi connectivity index (χ3v) is 4.09. The minimum Gasteiger partial charge on any atom is -0.293 e. The van der Waals surface area contributed by atoms with Crippen LogP contribution in [0.15, 0.2) is 107 Å². The molecule has 2 aromatic rings. The summed E-state index contributed by atoms with van der Waals surface area (Å²) in [7, 11) is 1.52. The summed E-state index contributed by atoms with van der Waals surface area (Å²) in [5.41, 5.74) is 3.14. The molecule has 0 spiro atoms. The molecule has 0 amide bonds. The predicted octanol–water partition coefficient (Wildman–Crippen LogP) is 9.65. The Morgan fingerprint density at radius 3 is 1.79 bits per heavy atom. The fourth-order valence-electron chi connectivity index (χ4n) is 2.25. The first-order chi connectivity index (χ1) is 15.9. The SMILES string of the molecule is C=C(/C=C\C)C(=C)/C(C)=C(\F)C=NC.CC.Cc1cccc(C(F)(F)F)c1.Cc1ccccc1. The Balaban J connectivity index is 0. The van der Waals surface area contributed by atoms with Gasteiger partial charge in [-0.05, 0) is 50.5 Å². The Kier molecular flexibility index (Phi) is 17.7. The van der Waals surface area contributed by atoms with E-state index < -0.39 is 11.7 Å². The Hall–Kier alpha value is -3.21. The highest BCUT2D eigenvalue weighted by Crippen LogP contribution is 2.29. The predicted molar refractivity (Wildman–Crippen MR) is 140 cm³/mol. The van der Waals surface area contributed by atoms with Crippen molar-refractivity contribution in [1.29, 1.82) is 0 Å². The summed E-state index contributed by atoms with van der Waals surface area (Å²) in [6, 6.07) is 15.5. The van der Waals surface area contributed by atoms with E-state index in [4.69, 9.17) is 0 Å². The Morgan fingerprint density at radius 2 is 1.44 bits per heavy atom. The number of alkyl halides is 3. The molecule has 0 fully saturated rings. The van der Waals surface area contributed by atoms with E-state index in [9.17, 15) is 17.6 Å². The number of benzene rings is 2. The molecule has 0 aromatic heterocycles. The monoisotopic (exact) mass is 475 g/mol. The molecule has 0 heterocycles. The Labute approximate surface area is 203 Å². The minimum atomic E-state index is -4.22. The summed E-state index contributed by atoms with van der Waals surface area (Å²) in [4.78, 5) is 3.60. The van der Waals surface area contributed by atoms with Gasteiger partial charge >= 0.3 is 6.18 Å². The highest BCUT2D eigenvalue weighted by molar-refractivity contribution is 5.78. The Bertz CT molecular complexity index is 950. The molecular formula is C29H37F4N. The maximum atomic E-state index is 13.3. The van der Waals surface area contributed by atoms with E-state index >= 15 is 0 Å².